The van der Waals surface area contributed by atoms with Crippen molar-refractivity contribution in [3.63, 3.8) is 0 Å². The number of hydrogen-bond acceptors (Lipinski definition) is 15. The van der Waals surface area contributed by atoms with Crippen LogP contribution >= 0.6 is 15.2 Å². The van der Waals surface area contributed by atoms with E-state index in [1.807, 2.05) is 0 Å². The maximum Gasteiger partial charge on any atom is 0.413 e. The molecule has 0 radical (unpaired) electrons. The second-order valence-electron chi connectivity index (χ2n) is 14.5. The number of likely N-dealkylation sites (tertiary alicyclic amines) is 1. The van der Waals surface area contributed by atoms with Crippen molar-refractivity contribution in [2.24, 2.45) is 5.92 Å². The van der Waals surface area contributed by atoms with Crippen molar-refractivity contribution in [2.45, 2.75) is 103 Å². The van der Waals surface area contributed by atoms with Crippen LogP contribution in [0.15, 0.2) is 17.1 Å². The minimum atomic E-state index is -4.25. The van der Waals surface area contributed by atoms with E-state index in [4.69, 9.17) is 32.3 Å². The standard InChI is InChI=1S/C38H55FN4O15P2/c1-7-53-59(50,54-8-2)37(60(51,55-9-3)56-10-4)40-30(44)14-11-15-31(45)57-23(5)58-38(49)42-18-12-13-24-20-41(22-29(24)42)33-28(39)19-26-32(35(33)52-6)43(25-16-17-25)21-27(34(26)46)36(47)48/h19,21,23-25,29,37H,7-18,20,22H2,1-6H3,(H,40,44)(H,47,48)/t23?,24-,29+/m0/s1. The Hall–Kier alpha value is -4.06. The molecule has 2 amide bonds. The molecule has 22 heteroatoms. The van der Waals surface area contributed by atoms with Gasteiger partial charge in [-0.3, -0.25) is 23.5 Å². The number of piperidine rings is 1. The molecule has 0 spiro atoms. The summed E-state index contributed by atoms with van der Waals surface area (Å²) < 4.78 is 83.1. The number of esters is 1. The summed E-state index contributed by atoms with van der Waals surface area (Å²) in [5.74, 6) is -3.66. The van der Waals surface area contributed by atoms with Crippen molar-refractivity contribution in [3.8, 4) is 5.75 Å². The monoisotopic (exact) mass is 888 g/mol. The first-order chi connectivity index (χ1) is 28.6. The largest absolute Gasteiger partial charge is 0.492 e. The minimum Gasteiger partial charge on any atom is -0.492 e. The number of rotatable bonds is 21. The first kappa shape index (κ1) is 47.0. The molecule has 3 heterocycles. The Morgan fingerprint density at radius 2 is 1.55 bits per heavy atom. The van der Waals surface area contributed by atoms with Crippen molar-refractivity contribution in [1.82, 2.24) is 14.8 Å². The Bertz CT molecular complexity index is 2030. The van der Waals surface area contributed by atoms with E-state index in [2.05, 4.69) is 5.32 Å². The van der Waals surface area contributed by atoms with E-state index in [9.17, 15) is 38.2 Å². The highest BCUT2D eigenvalue weighted by Crippen LogP contribution is 2.69. The predicted octanol–water partition coefficient (Wildman–Crippen LogP) is 6.21. The number of aromatic carboxylic acids is 1. The van der Waals surface area contributed by atoms with Gasteiger partial charge in [0.2, 0.25) is 23.2 Å². The van der Waals surface area contributed by atoms with Crippen molar-refractivity contribution < 1.29 is 70.1 Å². The van der Waals surface area contributed by atoms with Crippen molar-refractivity contribution >= 4 is 55.7 Å². The van der Waals surface area contributed by atoms with Gasteiger partial charge in [0, 0.05) is 51.6 Å². The Labute approximate surface area is 347 Å². The van der Waals surface area contributed by atoms with Crippen LogP contribution in [0.4, 0.5) is 14.9 Å². The molecular formula is C38H55FN4O15P2. The highest BCUT2D eigenvalue weighted by molar-refractivity contribution is 7.72. The molecule has 1 saturated carbocycles. The lowest BCUT2D eigenvalue weighted by Crippen LogP contribution is -2.49. The summed E-state index contributed by atoms with van der Waals surface area (Å²) in [6.07, 6.45) is 1.53. The topological polar surface area (TPSA) is 228 Å². The highest BCUT2D eigenvalue weighted by Gasteiger charge is 2.52. The molecule has 2 saturated heterocycles. The second-order valence-corrected chi connectivity index (χ2v) is 19.1. The zero-order valence-corrected chi connectivity index (χ0v) is 36.5. The Morgan fingerprint density at radius 3 is 2.10 bits per heavy atom. The van der Waals surface area contributed by atoms with Gasteiger partial charge in [-0.15, -0.1) is 0 Å². The first-order valence-electron chi connectivity index (χ1n) is 20.2. The van der Waals surface area contributed by atoms with E-state index in [1.54, 1.807) is 37.2 Å². The fraction of sp³-hybridized carbons (Fsp3) is 0.658. The fourth-order valence-electron chi connectivity index (χ4n) is 7.81. The van der Waals surface area contributed by atoms with Gasteiger partial charge in [-0.25, -0.2) is 14.0 Å². The number of fused-ring (bicyclic) bond motifs is 2. The number of methoxy groups -OCH3 is 1. The molecular weight excluding hydrogens is 833 g/mol. The normalized spacial score (nSPS) is 18.7. The molecule has 2 aliphatic heterocycles. The fourth-order valence-corrected chi connectivity index (χ4v) is 12.8. The molecule has 2 N–H and O–H groups in total. The third-order valence-corrected chi connectivity index (χ3v) is 16.0. The molecule has 1 aromatic carbocycles. The average Bonchev–Trinajstić information content (AvgIpc) is 3.94. The SMILES string of the molecule is CCOP(=O)(OCC)C(NC(=O)CCCC(=O)OC(C)OC(=O)N1CCC[C@H]2CN(c3c(F)cc4c(=O)c(C(=O)O)cn(C5CC5)c4c3OC)C[C@H]21)P(=O)(OCC)OCC. The number of carbonyl (C=O) groups excluding carboxylic acids is 3. The molecule has 0 bridgehead atoms. The number of anilines is 1. The third-order valence-electron chi connectivity index (χ3n) is 10.4. The van der Waals surface area contributed by atoms with E-state index < -0.39 is 73.8 Å². The molecule has 1 unspecified atom stereocenters. The van der Waals surface area contributed by atoms with Crippen molar-refractivity contribution in [1.29, 1.82) is 0 Å². The quantitative estimate of drug-likeness (QED) is 0.0807. The lowest BCUT2D eigenvalue weighted by molar-refractivity contribution is -0.166. The smallest absolute Gasteiger partial charge is 0.413 e. The van der Waals surface area contributed by atoms with Crippen LogP contribution in [0.5, 0.6) is 5.75 Å². The first-order valence-corrected chi connectivity index (χ1v) is 23.5. The van der Waals surface area contributed by atoms with E-state index in [1.165, 1.54) is 25.1 Å². The minimum absolute atomic E-state index is 0.0444. The zero-order chi connectivity index (χ0) is 43.9. The maximum absolute atomic E-state index is 16.1. The van der Waals surface area contributed by atoms with Crippen LogP contribution in [0.25, 0.3) is 10.9 Å². The molecule has 1 aromatic heterocycles. The van der Waals surface area contributed by atoms with Gasteiger partial charge in [-0.2, -0.15) is 0 Å². The number of carboxylic acid groups (broad SMARTS) is 1. The van der Waals surface area contributed by atoms with Gasteiger partial charge in [0.15, 0.2) is 11.6 Å². The van der Waals surface area contributed by atoms with E-state index >= 15 is 4.39 Å². The van der Waals surface area contributed by atoms with Gasteiger partial charge in [-0.05, 0) is 71.8 Å². The molecule has 3 fully saturated rings. The number of carboxylic acids is 1. The van der Waals surface area contributed by atoms with Gasteiger partial charge in [0.1, 0.15) is 11.3 Å². The van der Waals surface area contributed by atoms with Crippen LogP contribution in [0.3, 0.4) is 0 Å². The number of hydrogen-bond donors (Lipinski definition) is 2. The van der Waals surface area contributed by atoms with Gasteiger partial charge in [0.25, 0.3) is 0 Å². The van der Waals surface area contributed by atoms with Crippen molar-refractivity contribution in [3.05, 3.63) is 33.9 Å². The summed E-state index contributed by atoms with van der Waals surface area (Å²) in [7, 11) is -7.14. The summed E-state index contributed by atoms with van der Waals surface area (Å²) in [6, 6.07) is 0.582. The van der Waals surface area contributed by atoms with Gasteiger partial charge < -0.3 is 57.1 Å². The summed E-state index contributed by atoms with van der Waals surface area (Å²) >= 11 is 0. The highest BCUT2D eigenvalue weighted by atomic mass is 31.2. The number of nitrogens with zero attached hydrogens (tertiary/aromatic N) is 3. The van der Waals surface area contributed by atoms with Gasteiger partial charge in [-0.1, -0.05) is 0 Å². The molecule has 334 valence electrons. The number of halogens is 1. The Kier molecular flexibility index (Phi) is 15.8. The molecule has 3 aliphatic rings. The molecule has 2 aromatic rings. The summed E-state index contributed by atoms with van der Waals surface area (Å²) in [5.41, 5.74) is -2.62. The average molecular weight is 889 g/mol. The summed E-state index contributed by atoms with van der Waals surface area (Å²) in [5, 5.41) is 12.0. The van der Waals surface area contributed by atoms with Gasteiger partial charge >= 0.3 is 33.2 Å². The predicted molar refractivity (Wildman–Crippen MR) is 215 cm³/mol. The molecule has 3 atom stereocenters. The lowest BCUT2D eigenvalue weighted by atomic mass is 9.92. The maximum atomic E-state index is 16.1. The molecule has 19 nitrogen and oxygen atoms in total. The van der Waals surface area contributed by atoms with Crippen molar-refractivity contribution in [2.75, 3.05) is 58.1 Å². The number of benzene rings is 1. The zero-order valence-electron chi connectivity index (χ0n) is 34.7. The van der Waals surface area contributed by atoms with E-state index in [0.717, 1.165) is 25.3 Å². The number of pyridine rings is 1. The molecule has 60 heavy (non-hydrogen) atoms. The van der Waals surface area contributed by atoms with Crippen LogP contribution < -0.4 is 20.4 Å². The van der Waals surface area contributed by atoms with Crippen LogP contribution in [-0.2, 0) is 46.3 Å². The van der Waals surface area contributed by atoms with Crippen LogP contribution in [0.2, 0.25) is 0 Å². The number of ether oxygens (including phenoxy) is 3. The molecule has 1 aliphatic carbocycles. The summed E-state index contributed by atoms with van der Waals surface area (Å²) in [6.45, 7) is 8.14. The van der Waals surface area contributed by atoms with Gasteiger partial charge in [0.05, 0.1) is 50.5 Å². The third kappa shape index (κ3) is 10.3. The van der Waals surface area contributed by atoms with Crippen LogP contribution in [-0.4, -0.2) is 110 Å². The number of aromatic nitrogens is 1. The van der Waals surface area contributed by atoms with E-state index in [0.29, 0.717) is 25.0 Å². The number of amides is 2. The lowest BCUT2D eigenvalue weighted by Gasteiger charge is -2.36. The molecule has 5 rings (SSSR count). The number of nitrogens with one attached hydrogen (secondary N) is 1. The number of carbonyl (C=O) groups is 4. The Balaban J connectivity index is 1.20. The van der Waals surface area contributed by atoms with Crippen LogP contribution in [0.1, 0.15) is 96.0 Å². The summed E-state index contributed by atoms with van der Waals surface area (Å²) in [4.78, 5) is 67.6. The van der Waals surface area contributed by atoms with E-state index in [-0.39, 0.29) is 81.0 Å². The second kappa shape index (κ2) is 20.2. The Morgan fingerprint density at radius 1 is 0.933 bits per heavy atom. The van der Waals surface area contributed by atoms with Crippen LogP contribution in [0, 0.1) is 11.7 Å².